The minimum Gasteiger partial charge on any atom is -0.486 e. The fourth-order valence-electron chi connectivity index (χ4n) is 1.19. The first-order chi connectivity index (χ1) is 6.40. The van der Waals surface area contributed by atoms with Crippen molar-refractivity contribution in [3.63, 3.8) is 0 Å². The van der Waals surface area contributed by atoms with E-state index in [0.29, 0.717) is 13.2 Å². The van der Waals surface area contributed by atoms with Gasteiger partial charge in [-0.05, 0) is 18.2 Å². The van der Waals surface area contributed by atoms with Crippen LogP contribution in [0.15, 0.2) is 23.1 Å². The molecule has 3 nitrogen and oxygen atoms in total. The summed E-state index contributed by atoms with van der Waals surface area (Å²) in [6.45, 7) is 1.21. The van der Waals surface area contributed by atoms with Gasteiger partial charge in [-0.3, -0.25) is 0 Å². The molecule has 0 radical (unpaired) electrons. The van der Waals surface area contributed by atoms with Gasteiger partial charge in [0.25, 0.3) is 0 Å². The molecule has 1 aromatic carbocycles. The second-order valence-corrected chi connectivity index (χ2v) is 3.60. The molecule has 1 aliphatic heterocycles. The Morgan fingerprint density at radius 3 is 2.77 bits per heavy atom. The Kier molecular flexibility index (Phi) is 2.61. The molecule has 0 amide bonds. The minimum absolute atomic E-state index is 0.0830. The second kappa shape index (κ2) is 3.89. The maximum absolute atomic E-state index is 8.71. The zero-order chi connectivity index (χ0) is 9.10. The van der Waals surface area contributed by atoms with Crippen molar-refractivity contribution < 1.29 is 14.6 Å². The summed E-state index contributed by atoms with van der Waals surface area (Å²) in [5.41, 5.74) is 0. The topological polar surface area (TPSA) is 38.7 Å². The molecular formula is C9H10O3S. The van der Waals surface area contributed by atoms with Gasteiger partial charge in [0.1, 0.15) is 13.2 Å². The van der Waals surface area contributed by atoms with E-state index in [1.165, 1.54) is 11.8 Å². The van der Waals surface area contributed by atoms with Crippen LogP contribution in [0.5, 0.6) is 11.5 Å². The molecule has 0 fully saturated rings. The van der Waals surface area contributed by atoms with Crippen LogP contribution in [0.25, 0.3) is 0 Å². The van der Waals surface area contributed by atoms with Crippen molar-refractivity contribution in [1.29, 1.82) is 0 Å². The first-order valence-corrected chi connectivity index (χ1v) is 5.02. The van der Waals surface area contributed by atoms with Crippen molar-refractivity contribution in [1.82, 2.24) is 0 Å². The van der Waals surface area contributed by atoms with E-state index >= 15 is 0 Å². The molecule has 2 rings (SSSR count). The average Bonchev–Trinajstić information content (AvgIpc) is 2.18. The Labute approximate surface area is 80.7 Å². The molecule has 1 N–H and O–H groups in total. The van der Waals surface area contributed by atoms with Crippen LogP contribution >= 0.6 is 11.8 Å². The van der Waals surface area contributed by atoms with E-state index in [9.17, 15) is 0 Å². The molecule has 13 heavy (non-hydrogen) atoms. The van der Waals surface area contributed by atoms with Crippen LogP contribution in [-0.4, -0.2) is 24.3 Å². The molecule has 4 heteroatoms. The smallest absolute Gasteiger partial charge is 0.162 e. The summed E-state index contributed by atoms with van der Waals surface area (Å²) in [7, 11) is 0. The van der Waals surface area contributed by atoms with E-state index < -0.39 is 0 Å². The predicted molar refractivity (Wildman–Crippen MR) is 50.4 cm³/mol. The highest BCUT2D eigenvalue weighted by atomic mass is 32.2. The molecule has 0 bridgehead atoms. The number of fused-ring (bicyclic) bond motifs is 1. The predicted octanol–water partition coefficient (Wildman–Crippen LogP) is 1.50. The molecule has 0 saturated carbocycles. The van der Waals surface area contributed by atoms with Gasteiger partial charge < -0.3 is 14.6 Å². The third-order valence-corrected chi connectivity index (χ3v) is 2.46. The quantitative estimate of drug-likeness (QED) is 0.577. The number of benzene rings is 1. The molecule has 0 spiro atoms. The summed E-state index contributed by atoms with van der Waals surface area (Å²) in [6, 6.07) is 5.66. The van der Waals surface area contributed by atoms with Crippen molar-refractivity contribution in [3.05, 3.63) is 18.2 Å². The van der Waals surface area contributed by atoms with Gasteiger partial charge in [0.05, 0.1) is 5.94 Å². The van der Waals surface area contributed by atoms with Gasteiger partial charge in [-0.2, -0.15) is 0 Å². The van der Waals surface area contributed by atoms with Crippen LogP contribution in [0.4, 0.5) is 0 Å². The summed E-state index contributed by atoms with van der Waals surface area (Å²) >= 11 is 1.37. The highest BCUT2D eigenvalue weighted by Crippen LogP contribution is 2.33. The molecule has 0 saturated heterocycles. The molecule has 1 aliphatic rings. The van der Waals surface area contributed by atoms with Gasteiger partial charge in [0.15, 0.2) is 11.5 Å². The summed E-state index contributed by atoms with van der Waals surface area (Å²) < 4.78 is 10.8. The zero-order valence-corrected chi connectivity index (χ0v) is 7.84. The molecule has 0 aliphatic carbocycles. The third-order valence-electron chi connectivity index (χ3n) is 1.74. The van der Waals surface area contributed by atoms with E-state index in [2.05, 4.69) is 0 Å². The third kappa shape index (κ3) is 1.89. The first-order valence-electron chi connectivity index (χ1n) is 4.03. The fourth-order valence-corrected chi connectivity index (χ4v) is 1.69. The van der Waals surface area contributed by atoms with Crippen molar-refractivity contribution in [3.8, 4) is 11.5 Å². The minimum atomic E-state index is 0.0830. The Bertz CT molecular complexity index is 301. The van der Waals surface area contributed by atoms with Gasteiger partial charge in [0, 0.05) is 4.90 Å². The van der Waals surface area contributed by atoms with Gasteiger partial charge in [-0.25, -0.2) is 0 Å². The molecule has 0 aromatic heterocycles. The van der Waals surface area contributed by atoms with E-state index in [4.69, 9.17) is 14.6 Å². The normalized spacial score (nSPS) is 14.2. The molecule has 70 valence electrons. The van der Waals surface area contributed by atoms with Crippen molar-refractivity contribution >= 4 is 11.8 Å². The summed E-state index contributed by atoms with van der Waals surface area (Å²) in [4.78, 5) is 0.992. The number of hydrogen-bond acceptors (Lipinski definition) is 4. The Morgan fingerprint density at radius 2 is 2.00 bits per heavy atom. The maximum atomic E-state index is 8.71. The van der Waals surface area contributed by atoms with Crippen LogP contribution in [0, 0.1) is 0 Å². The lowest BCUT2D eigenvalue weighted by atomic mass is 10.3. The monoisotopic (exact) mass is 198 g/mol. The standard InChI is InChI=1S/C9H10O3S/c10-6-13-7-1-2-8-9(5-7)12-4-3-11-8/h1-2,5,10H,3-4,6H2. The Hall–Kier alpha value is -0.870. The number of thioether (sulfide) groups is 1. The number of aliphatic hydroxyl groups excluding tert-OH is 1. The largest absolute Gasteiger partial charge is 0.486 e. The number of ether oxygens (including phenoxy) is 2. The summed E-state index contributed by atoms with van der Waals surface area (Å²) in [5, 5.41) is 8.71. The SMILES string of the molecule is OCSc1ccc2c(c1)OCCO2. The summed E-state index contributed by atoms with van der Waals surface area (Å²) in [5.74, 6) is 1.64. The zero-order valence-electron chi connectivity index (χ0n) is 7.03. The van der Waals surface area contributed by atoms with Crippen molar-refractivity contribution in [2.75, 3.05) is 19.2 Å². The summed E-state index contributed by atoms with van der Waals surface area (Å²) in [6.07, 6.45) is 0. The highest BCUT2D eigenvalue weighted by Gasteiger charge is 2.11. The maximum Gasteiger partial charge on any atom is 0.162 e. The van der Waals surface area contributed by atoms with Gasteiger partial charge in [-0.15, -0.1) is 0 Å². The van der Waals surface area contributed by atoms with Crippen molar-refractivity contribution in [2.24, 2.45) is 0 Å². The highest BCUT2D eigenvalue weighted by molar-refractivity contribution is 7.99. The Balaban J connectivity index is 2.24. The van der Waals surface area contributed by atoms with Crippen LogP contribution in [0.3, 0.4) is 0 Å². The number of aliphatic hydroxyl groups is 1. The lowest BCUT2D eigenvalue weighted by Crippen LogP contribution is -2.15. The van der Waals surface area contributed by atoms with Gasteiger partial charge in [0.2, 0.25) is 0 Å². The van der Waals surface area contributed by atoms with E-state index in [1.807, 2.05) is 18.2 Å². The molecule has 0 unspecified atom stereocenters. The van der Waals surface area contributed by atoms with Crippen LogP contribution < -0.4 is 9.47 Å². The van der Waals surface area contributed by atoms with Crippen molar-refractivity contribution in [2.45, 2.75) is 4.90 Å². The first kappa shape index (κ1) is 8.72. The molecular weight excluding hydrogens is 188 g/mol. The number of hydrogen-bond donors (Lipinski definition) is 1. The van der Waals surface area contributed by atoms with E-state index in [1.54, 1.807) is 0 Å². The fraction of sp³-hybridized carbons (Fsp3) is 0.333. The van der Waals surface area contributed by atoms with Crippen LogP contribution in [0.2, 0.25) is 0 Å². The lowest BCUT2D eigenvalue weighted by molar-refractivity contribution is 0.171. The molecule has 1 heterocycles. The second-order valence-electron chi connectivity index (χ2n) is 2.58. The number of rotatable bonds is 2. The van der Waals surface area contributed by atoms with E-state index in [-0.39, 0.29) is 5.94 Å². The van der Waals surface area contributed by atoms with Crippen LogP contribution in [0.1, 0.15) is 0 Å². The van der Waals surface area contributed by atoms with Gasteiger partial charge >= 0.3 is 0 Å². The van der Waals surface area contributed by atoms with E-state index in [0.717, 1.165) is 16.4 Å². The molecule has 1 aromatic rings. The molecule has 0 atom stereocenters. The Morgan fingerprint density at radius 1 is 1.23 bits per heavy atom. The van der Waals surface area contributed by atoms with Gasteiger partial charge in [-0.1, -0.05) is 11.8 Å². The lowest BCUT2D eigenvalue weighted by Gasteiger charge is -2.18. The average molecular weight is 198 g/mol. The van der Waals surface area contributed by atoms with Crippen LogP contribution in [-0.2, 0) is 0 Å².